The van der Waals surface area contributed by atoms with Gasteiger partial charge in [0, 0.05) is 5.56 Å². The van der Waals surface area contributed by atoms with Crippen molar-refractivity contribution in [3.05, 3.63) is 40.0 Å². The number of nitrogens with zero attached hydrogens (tertiary/aromatic N) is 1. The molecule has 0 radical (unpaired) electrons. The molecule has 1 N–H and O–H groups in total. The van der Waals surface area contributed by atoms with E-state index in [0.717, 1.165) is 16.7 Å². The Morgan fingerprint density at radius 2 is 1.88 bits per heavy atom. The number of hydrogen-bond donors (Lipinski definition) is 1. The molecule has 1 aromatic carbocycles. The number of carbonyl (C=O) groups is 1. The van der Waals surface area contributed by atoms with E-state index in [1.165, 1.54) is 0 Å². The van der Waals surface area contributed by atoms with Crippen LogP contribution in [0.25, 0.3) is 11.3 Å². The molecule has 0 atom stereocenters. The Labute approximate surface area is 98.4 Å². The second-order valence-electron chi connectivity index (χ2n) is 3.79. The van der Waals surface area contributed by atoms with Crippen LogP contribution in [0.4, 0.5) is 0 Å². The number of aldehydes is 1. The molecule has 1 heterocycles. The molecule has 3 nitrogen and oxygen atoms in total. The fourth-order valence-corrected chi connectivity index (χ4v) is 1.96. The molecule has 0 unspecified atom stereocenters. The summed E-state index contributed by atoms with van der Waals surface area (Å²) in [5.41, 5.74) is 4.14. The van der Waals surface area contributed by atoms with Crippen LogP contribution in [-0.4, -0.2) is 16.5 Å². The Morgan fingerprint density at radius 3 is 2.38 bits per heavy atom. The summed E-state index contributed by atoms with van der Waals surface area (Å²) in [5.74, 6) is 0. The standard InChI is InChI=1S/C12H11ClN2O/c1-7-3-8(2)5-9(4-7)12-11(13)10(6-16)14-15-12/h3-6H,1-2H3,(H,14,15). The smallest absolute Gasteiger partial charge is 0.169 e. The van der Waals surface area contributed by atoms with Gasteiger partial charge in [0.25, 0.3) is 0 Å². The normalized spacial score (nSPS) is 10.4. The Hall–Kier alpha value is -1.61. The second-order valence-corrected chi connectivity index (χ2v) is 4.17. The molecular weight excluding hydrogens is 224 g/mol. The molecule has 2 rings (SSSR count). The maximum atomic E-state index is 10.7. The second kappa shape index (κ2) is 4.10. The molecule has 16 heavy (non-hydrogen) atoms. The zero-order chi connectivity index (χ0) is 11.7. The van der Waals surface area contributed by atoms with Crippen molar-refractivity contribution in [1.29, 1.82) is 0 Å². The number of carbonyl (C=O) groups excluding carboxylic acids is 1. The van der Waals surface area contributed by atoms with Crippen LogP contribution in [0.5, 0.6) is 0 Å². The average Bonchev–Trinajstić information content (AvgIpc) is 2.58. The number of aromatic nitrogens is 2. The Balaban J connectivity index is 2.58. The fourth-order valence-electron chi connectivity index (χ4n) is 1.72. The molecular formula is C12H11ClN2O. The molecule has 82 valence electrons. The zero-order valence-corrected chi connectivity index (χ0v) is 9.80. The van der Waals surface area contributed by atoms with Crippen LogP contribution in [0.15, 0.2) is 18.2 Å². The lowest BCUT2D eigenvalue weighted by atomic mass is 10.1. The number of aryl methyl sites for hydroxylation is 2. The molecule has 0 aliphatic rings. The summed E-state index contributed by atoms with van der Waals surface area (Å²) in [6, 6.07) is 6.05. The van der Waals surface area contributed by atoms with E-state index >= 15 is 0 Å². The lowest BCUT2D eigenvalue weighted by molar-refractivity contribution is 0.111. The van der Waals surface area contributed by atoms with E-state index in [1.54, 1.807) is 0 Å². The van der Waals surface area contributed by atoms with Crippen LogP contribution >= 0.6 is 11.6 Å². The maximum absolute atomic E-state index is 10.7. The van der Waals surface area contributed by atoms with E-state index in [4.69, 9.17) is 11.6 Å². The first-order chi connectivity index (χ1) is 7.61. The quantitative estimate of drug-likeness (QED) is 0.812. The minimum Gasteiger partial charge on any atom is -0.296 e. The lowest BCUT2D eigenvalue weighted by Crippen LogP contribution is -1.83. The van der Waals surface area contributed by atoms with Crippen LogP contribution in [0.1, 0.15) is 21.6 Å². The number of H-pyrrole nitrogens is 1. The van der Waals surface area contributed by atoms with E-state index in [9.17, 15) is 4.79 Å². The molecule has 0 amide bonds. The van der Waals surface area contributed by atoms with E-state index in [1.807, 2.05) is 26.0 Å². The van der Waals surface area contributed by atoms with Crippen molar-refractivity contribution in [2.24, 2.45) is 0 Å². The van der Waals surface area contributed by atoms with Gasteiger partial charge in [-0.25, -0.2) is 0 Å². The molecule has 0 saturated heterocycles. The predicted octanol–water partition coefficient (Wildman–Crippen LogP) is 3.16. The number of nitrogens with one attached hydrogen (secondary N) is 1. The monoisotopic (exact) mass is 234 g/mol. The van der Waals surface area contributed by atoms with Gasteiger partial charge in [0.15, 0.2) is 6.29 Å². The van der Waals surface area contributed by atoms with Crippen molar-refractivity contribution in [3.63, 3.8) is 0 Å². The summed E-state index contributed by atoms with van der Waals surface area (Å²) in [4.78, 5) is 10.7. The summed E-state index contributed by atoms with van der Waals surface area (Å²) >= 11 is 6.04. The zero-order valence-electron chi connectivity index (χ0n) is 9.04. The molecule has 1 aromatic heterocycles. The van der Waals surface area contributed by atoms with Crippen molar-refractivity contribution in [2.75, 3.05) is 0 Å². The highest BCUT2D eigenvalue weighted by Gasteiger charge is 2.12. The highest BCUT2D eigenvalue weighted by atomic mass is 35.5. The summed E-state index contributed by atoms with van der Waals surface area (Å²) in [6.45, 7) is 4.02. The number of benzene rings is 1. The largest absolute Gasteiger partial charge is 0.296 e. The molecule has 2 aromatic rings. The lowest BCUT2D eigenvalue weighted by Gasteiger charge is -2.02. The van der Waals surface area contributed by atoms with Gasteiger partial charge in [0.1, 0.15) is 11.4 Å². The highest BCUT2D eigenvalue weighted by Crippen LogP contribution is 2.28. The molecule has 0 fully saturated rings. The first-order valence-electron chi connectivity index (χ1n) is 4.89. The summed E-state index contributed by atoms with van der Waals surface area (Å²) in [6.07, 6.45) is 0.668. The third kappa shape index (κ3) is 1.86. The Bertz CT molecular complexity index is 526. The number of halogens is 1. The topological polar surface area (TPSA) is 45.8 Å². The van der Waals surface area contributed by atoms with Gasteiger partial charge < -0.3 is 0 Å². The highest BCUT2D eigenvalue weighted by molar-refractivity contribution is 6.35. The first kappa shape index (κ1) is 10.9. The maximum Gasteiger partial charge on any atom is 0.169 e. The van der Waals surface area contributed by atoms with Gasteiger partial charge in [-0.1, -0.05) is 28.8 Å². The molecule has 4 heteroatoms. The summed E-state index contributed by atoms with van der Waals surface area (Å²) in [7, 11) is 0. The summed E-state index contributed by atoms with van der Waals surface area (Å²) in [5, 5.41) is 7.04. The van der Waals surface area contributed by atoms with Crippen LogP contribution in [0, 0.1) is 13.8 Å². The van der Waals surface area contributed by atoms with Crippen molar-refractivity contribution in [2.45, 2.75) is 13.8 Å². The minimum atomic E-state index is 0.316. The molecule has 0 aliphatic heterocycles. The van der Waals surface area contributed by atoms with E-state index < -0.39 is 0 Å². The van der Waals surface area contributed by atoms with E-state index in [-0.39, 0.29) is 0 Å². The van der Waals surface area contributed by atoms with Crippen molar-refractivity contribution in [1.82, 2.24) is 10.2 Å². The summed E-state index contributed by atoms with van der Waals surface area (Å²) < 4.78 is 0. The van der Waals surface area contributed by atoms with Gasteiger partial charge >= 0.3 is 0 Å². The fraction of sp³-hybridized carbons (Fsp3) is 0.167. The Kier molecular flexibility index (Phi) is 2.79. The van der Waals surface area contributed by atoms with Crippen molar-refractivity contribution in [3.8, 4) is 11.3 Å². The van der Waals surface area contributed by atoms with Gasteiger partial charge in [0.2, 0.25) is 0 Å². The van der Waals surface area contributed by atoms with Crippen molar-refractivity contribution >= 4 is 17.9 Å². The minimum absolute atomic E-state index is 0.316. The Morgan fingerprint density at radius 1 is 1.25 bits per heavy atom. The van der Waals surface area contributed by atoms with Gasteiger partial charge in [-0.3, -0.25) is 9.89 Å². The van der Waals surface area contributed by atoms with Crippen LogP contribution in [-0.2, 0) is 0 Å². The van der Waals surface area contributed by atoms with E-state index in [0.29, 0.717) is 22.7 Å². The van der Waals surface area contributed by atoms with Gasteiger partial charge in [-0.2, -0.15) is 5.10 Å². The average molecular weight is 235 g/mol. The van der Waals surface area contributed by atoms with Gasteiger partial charge in [-0.05, 0) is 26.0 Å². The third-order valence-electron chi connectivity index (χ3n) is 2.35. The van der Waals surface area contributed by atoms with E-state index in [2.05, 4.69) is 16.3 Å². The number of hydrogen-bond acceptors (Lipinski definition) is 2. The number of aromatic amines is 1. The van der Waals surface area contributed by atoms with Crippen LogP contribution < -0.4 is 0 Å². The van der Waals surface area contributed by atoms with Gasteiger partial charge in [0.05, 0.1) is 5.02 Å². The molecule has 0 aliphatic carbocycles. The van der Waals surface area contributed by atoms with Crippen LogP contribution in [0.2, 0.25) is 5.02 Å². The van der Waals surface area contributed by atoms with Crippen molar-refractivity contribution < 1.29 is 4.79 Å². The molecule has 0 bridgehead atoms. The third-order valence-corrected chi connectivity index (χ3v) is 2.73. The molecule has 0 saturated carbocycles. The van der Waals surface area contributed by atoms with Crippen LogP contribution in [0.3, 0.4) is 0 Å². The van der Waals surface area contributed by atoms with Gasteiger partial charge in [-0.15, -0.1) is 0 Å². The predicted molar refractivity (Wildman–Crippen MR) is 63.9 cm³/mol. The number of rotatable bonds is 2. The SMILES string of the molecule is Cc1cc(C)cc(-c2n[nH]c(C=O)c2Cl)c1. The first-order valence-corrected chi connectivity index (χ1v) is 5.27. The molecule has 0 spiro atoms.